The normalized spacial score (nSPS) is 25.1. The molecule has 2 aliphatic rings. The van der Waals surface area contributed by atoms with E-state index in [1.807, 2.05) is 5.38 Å². The van der Waals surface area contributed by atoms with Gasteiger partial charge in [-0.3, -0.25) is 4.90 Å². The second kappa shape index (κ2) is 4.46. The number of hydrogen-bond donors (Lipinski definition) is 0. The molecule has 1 saturated heterocycles. The van der Waals surface area contributed by atoms with Crippen molar-refractivity contribution in [1.29, 1.82) is 0 Å². The molecular formula is C12H19N3OS. The monoisotopic (exact) mass is 253 g/mol. The molecule has 1 aromatic heterocycles. The van der Waals surface area contributed by atoms with Gasteiger partial charge >= 0.3 is 0 Å². The van der Waals surface area contributed by atoms with E-state index in [4.69, 9.17) is 4.74 Å². The fraction of sp³-hybridized carbons (Fsp3) is 0.750. The van der Waals surface area contributed by atoms with E-state index >= 15 is 0 Å². The van der Waals surface area contributed by atoms with Gasteiger partial charge in [0.15, 0.2) is 11.6 Å². The van der Waals surface area contributed by atoms with Crippen molar-refractivity contribution < 1.29 is 4.74 Å². The molecule has 0 spiro atoms. The lowest BCUT2D eigenvalue weighted by Crippen LogP contribution is -2.55. The van der Waals surface area contributed by atoms with E-state index < -0.39 is 0 Å². The molecule has 2 aliphatic heterocycles. The summed E-state index contributed by atoms with van der Waals surface area (Å²) in [6.45, 7) is 8.71. The third-order valence-electron chi connectivity index (χ3n) is 3.74. The number of ether oxygens (including phenoxy) is 1. The quantitative estimate of drug-likeness (QED) is 0.763. The largest absolute Gasteiger partial charge is 0.489 e. The van der Waals surface area contributed by atoms with E-state index in [-0.39, 0.29) is 0 Å². The second-order valence-electron chi connectivity index (χ2n) is 5.08. The van der Waals surface area contributed by atoms with Gasteiger partial charge in [-0.15, -0.1) is 0 Å². The zero-order valence-corrected chi connectivity index (χ0v) is 11.2. The molecule has 0 aliphatic carbocycles. The molecule has 0 radical (unpaired) electrons. The number of hydrogen-bond acceptors (Lipinski definition) is 5. The average molecular weight is 253 g/mol. The number of nitrogens with zero attached hydrogens (tertiary/aromatic N) is 3. The molecule has 1 atom stereocenters. The van der Waals surface area contributed by atoms with Crippen LogP contribution in [0.4, 0.5) is 5.82 Å². The summed E-state index contributed by atoms with van der Waals surface area (Å²) < 4.78 is 10.3. The minimum Gasteiger partial charge on any atom is -0.489 e. The van der Waals surface area contributed by atoms with Crippen LogP contribution in [0.25, 0.3) is 0 Å². The summed E-state index contributed by atoms with van der Waals surface area (Å²) in [4.78, 5) is 5.00. The summed E-state index contributed by atoms with van der Waals surface area (Å²) in [6.07, 6.45) is 1.10. The van der Waals surface area contributed by atoms with Crippen molar-refractivity contribution in [3.05, 3.63) is 5.38 Å². The van der Waals surface area contributed by atoms with Gasteiger partial charge in [0.2, 0.25) is 0 Å². The zero-order chi connectivity index (χ0) is 11.8. The molecule has 0 saturated carbocycles. The molecule has 0 N–H and O–H groups in total. The molecule has 1 fully saturated rings. The van der Waals surface area contributed by atoms with Gasteiger partial charge in [0.1, 0.15) is 0 Å². The van der Waals surface area contributed by atoms with Crippen LogP contribution in [-0.4, -0.2) is 47.6 Å². The lowest BCUT2D eigenvalue weighted by Gasteiger charge is -2.42. The zero-order valence-electron chi connectivity index (χ0n) is 10.4. The number of anilines is 1. The van der Waals surface area contributed by atoms with Gasteiger partial charge in [0.25, 0.3) is 0 Å². The maximum absolute atomic E-state index is 5.76. The van der Waals surface area contributed by atoms with Gasteiger partial charge in [-0.1, -0.05) is 0 Å². The lowest BCUT2D eigenvalue weighted by atomic mass is 10.1. The van der Waals surface area contributed by atoms with Crippen LogP contribution in [0.5, 0.6) is 5.75 Å². The topological polar surface area (TPSA) is 28.6 Å². The summed E-state index contributed by atoms with van der Waals surface area (Å²) in [6, 6.07) is 1.20. The Balaban J connectivity index is 1.83. The van der Waals surface area contributed by atoms with Gasteiger partial charge in [-0.2, -0.15) is 4.37 Å². The highest BCUT2D eigenvalue weighted by molar-refractivity contribution is 7.04. The Morgan fingerprint density at radius 3 is 3.18 bits per heavy atom. The lowest BCUT2D eigenvalue weighted by molar-refractivity contribution is 0.172. The summed E-state index contributed by atoms with van der Waals surface area (Å²) in [5, 5.41) is 2.02. The molecular weight excluding hydrogens is 234 g/mol. The molecule has 0 aromatic carbocycles. The molecule has 17 heavy (non-hydrogen) atoms. The SMILES string of the molecule is CC(C)N1CCN2c3nscc3OCC[C@@H]2C1. The average Bonchev–Trinajstić information content (AvgIpc) is 2.71. The van der Waals surface area contributed by atoms with Crippen molar-refractivity contribution in [2.45, 2.75) is 32.4 Å². The van der Waals surface area contributed by atoms with E-state index in [1.165, 1.54) is 11.5 Å². The van der Waals surface area contributed by atoms with Crippen molar-refractivity contribution in [3.8, 4) is 5.75 Å². The summed E-state index contributed by atoms with van der Waals surface area (Å²) in [5.74, 6) is 2.05. The van der Waals surface area contributed by atoms with Gasteiger partial charge in [-0.05, 0) is 25.4 Å². The van der Waals surface area contributed by atoms with Crippen molar-refractivity contribution in [2.75, 3.05) is 31.1 Å². The minimum atomic E-state index is 0.564. The van der Waals surface area contributed by atoms with E-state index in [1.54, 1.807) is 0 Å². The molecule has 4 nitrogen and oxygen atoms in total. The summed E-state index contributed by atoms with van der Waals surface area (Å²) in [7, 11) is 0. The highest BCUT2D eigenvalue weighted by Crippen LogP contribution is 2.35. The minimum absolute atomic E-state index is 0.564. The molecule has 0 unspecified atom stereocenters. The summed E-state index contributed by atoms with van der Waals surface area (Å²) >= 11 is 1.50. The van der Waals surface area contributed by atoms with Crippen LogP contribution in [0.15, 0.2) is 5.38 Å². The number of aromatic nitrogens is 1. The standard InChI is InChI=1S/C12H19N3OS/c1-9(2)14-4-5-15-10(7-14)3-6-16-11-8-17-13-12(11)15/h8-10H,3-7H2,1-2H3/t10-/m1/s1. The van der Waals surface area contributed by atoms with Crippen LogP contribution < -0.4 is 9.64 Å². The molecule has 0 bridgehead atoms. The maximum Gasteiger partial charge on any atom is 0.185 e. The van der Waals surface area contributed by atoms with Crippen LogP contribution in [-0.2, 0) is 0 Å². The Kier molecular flexibility index (Phi) is 2.96. The second-order valence-corrected chi connectivity index (χ2v) is 5.70. The third kappa shape index (κ3) is 2.02. The van der Waals surface area contributed by atoms with Crippen molar-refractivity contribution in [2.24, 2.45) is 0 Å². The summed E-state index contributed by atoms with van der Waals surface area (Å²) in [5.41, 5.74) is 0. The van der Waals surface area contributed by atoms with Crippen LogP contribution >= 0.6 is 11.5 Å². The highest BCUT2D eigenvalue weighted by atomic mass is 32.1. The third-order valence-corrected chi connectivity index (χ3v) is 4.34. The van der Waals surface area contributed by atoms with Crippen LogP contribution in [0.3, 0.4) is 0 Å². The van der Waals surface area contributed by atoms with Crippen molar-refractivity contribution in [3.63, 3.8) is 0 Å². The van der Waals surface area contributed by atoms with Crippen molar-refractivity contribution >= 4 is 17.4 Å². The predicted octanol–water partition coefficient (Wildman–Crippen LogP) is 1.82. The first-order valence-electron chi connectivity index (χ1n) is 6.33. The molecule has 3 heterocycles. The fourth-order valence-electron chi connectivity index (χ4n) is 2.69. The van der Waals surface area contributed by atoms with Gasteiger partial charge in [0.05, 0.1) is 12.0 Å². The fourth-order valence-corrected chi connectivity index (χ4v) is 3.31. The van der Waals surface area contributed by atoms with E-state index in [0.717, 1.165) is 44.2 Å². The first-order valence-corrected chi connectivity index (χ1v) is 7.17. The number of piperazine rings is 1. The molecule has 3 rings (SSSR count). The van der Waals surface area contributed by atoms with E-state index in [2.05, 4.69) is 28.0 Å². The Labute approximate surface area is 106 Å². The highest BCUT2D eigenvalue weighted by Gasteiger charge is 2.32. The first kappa shape index (κ1) is 11.3. The van der Waals surface area contributed by atoms with Gasteiger partial charge in [-0.25, -0.2) is 0 Å². The Morgan fingerprint density at radius 2 is 2.35 bits per heavy atom. The Bertz CT molecular complexity index is 393. The number of fused-ring (bicyclic) bond motifs is 3. The molecule has 94 valence electrons. The molecule has 1 aromatic rings. The first-order chi connectivity index (χ1) is 8.25. The van der Waals surface area contributed by atoms with E-state index in [0.29, 0.717) is 12.1 Å². The van der Waals surface area contributed by atoms with Crippen LogP contribution in [0.2, 0.25) is 0 Å². The maximum atomic E-state index is 5.76. The Morgan fingerprint density at radius 1 is 1.47 bits per heavy atom. The Hall–Kier alpha value is -0.810. The van der Waals surface area contributed by atoms with Gasteiger partial charge < -0.3 is 9.64 Å². The smallest absolute Gasteiger partial charge is 0.185 e. The van der Waals surface area contributed by atoms with Crippen molar-refractivity contribution in [1.82, 2.24) is 9.27 Å². The molecule has 5 heteroatoms. The van der Waals surface area contributed by atoms with E-state index in [9.17, 15) is 0 Å². The number of rotatable bonds is 1. The van der Waals surface area contributed by atoms with Crippen LogP contribution in [0.1, 0.15) is 20.3 Å². The van der Waals surface area contributed by atoms with Gasteiger partial charge in [0, 0.05) is 38.1 Å². The van der Waals surface area contributed by atoms with Crippen LogP contribution in [0, 0.1) is 0 Å². The predicted molar refractivity (Wildman–Crippen MR) is 70.1 cm³/mol. The molecule has 0 amide bonds.